The summed E-state index contributed by atoms with van der Waals surface area (Å²) in [6, 6.07) is 8.05. The Morgan fingerprint density at radius 1 is 1.17 bits per heavy atom. The first-order valence-electron chi connectivity index (χ1n) is 12.0. The van der Waals surface area contributed by atoms with Crippen LogP contribution in [0.25, 0.3) is 11.0 Å². The number of sulfonamides is 1. The van der Waals surface area contributed by atoms with Crippen LogP contribution in [-0.4, -0.2) is 92.6 Å². The van der Waals surface area contributed by atoms with Crippen molar-refractivity contribution in [1.82, 2.24) is 29.5 Å². The average Bonchev–Trinajstić information content (AvgIpc) is 3.33. The Bertz CT molecular complexity index is 1290. The number of fused-ring (bicyclic) bond motifs is 1. The number of carbonyl (C=O) groups is 1. The largest absolute Gasteiger partial charge is 0.354 e. The maximum atomic E-state index is 13.1. The number of rotatable bonds is 8. The number of benzene rings is 1. The van der Waals surface area contributed by atoms with Crippen molar-refractivity contribution in [1.29, 1.82) is 0 Å². The number of nitrogens with one attached hydrogen (secondary N) is 3. The van der Waals surface area contributed by atoms with Crippen LogP contribution in [0.4, 0.5) is 16.3 Å². The number of likely N-dealkylation sites (tertiary alicyclic amines) is 1. The fourth-order valence-electron chi connectivity index (χ4n) is 4.44. The number of H-pyrrole nitrogens is 1. The molecule has 11 nitrogen and oxygen atoms in total. The third kappa shape index (κ3) is 5.77. The van der Waals surface area contributed by atoms with E-state index >= 15 is 0 Å². The maximum absolute atomic E-state index is 13.1. The van der Waals surface area contributed by atoms with E-state index in [9.17, 15) is 13.2 Å². The molecule has 0 aliphatic carbocycles. The molecule has 194 valence electrons. The molecule has 2 aromatic heterocycles. The molecule has 3 aromatic rings. The topological polar surface area (TPSA) is 127 Å². The molecule has 12 heteroatoms. The molecule has 0 spiro atoms. The number of aromatic nitrogens is 3. The Morgan fingerprint density at radius 2 is 1.92 bits per heavy atom. The van der Waals surface area contributed by atoms with Gasteiger partial charge >= 0.3 is 6.03 Å². The number of piperidine rings is 1. The molecule has 4 rings (SSSR count). The zero-order valence-electron chi connectivity index (χ0n) is 21.1. The number of aromatic amines is 1. The van der Waals surface area contributed by atoms with Crippen LogP contribution in [0.3, 0.4) is 0 Å². The van der Waals surface area contributed by atoms with E-state index in [1.807, 2.05) is 38.3 Å². The smallest absolute Gasteiger partial charge is 0.321 e. The summed E-state index contributed by atoms with van der Waals surface area (Å²) in [5.41, 5.74) is 1.32. The van der Waals surface area contributed by atoms with Gasteiger partial charge < -0.3 is 25.0 Å². The zero-order valence-corrected chi connectivity index (χ0v) is 21.9. The van der Waals surface area contributed by atoms with E-state index in [0.717, 1.165) is 23.3 Å². The number of hydrogen-bond donors (Lipinski definition) is 3. The Balaban J connectivity index is 1.40. The normalized spacial score (nSPS) is 18.5. The van der Waals surface area contributed by atoms with Crippen molar-refractivity contribution in [2.24, 2.45) is 5.92 Å². The highest BCUT2D eigenvalue weighted by Gasteiger charge is 2.33. The Hall–Kier alpha value is -3.22. The molecule has 1 aliphatic rings. The SMILES string of the molecule is CC1CCN(C(=O)Nc2ccc(S(=O)(=O)NCCN(C)C)cc2)CC1N(C)c1ncnc2[nH]ccc12. The minimum atomic E-state index is -3.60. The van der Waals surface area contributed by atoms with Crippen molar-refractivity contribution in [3.8, 4) is 0 Å². The van der Waals surface area contributed by atoms with Gasteiger partial charge in [-0.25, -0.2) is 27.9 Å². The molecular weight excluding hydrogens is 480 g/mol. The summed E-state index contributed by atoms with van der Waals surface area (Å²) in [7, 11) is 2.16. The van der Waals surface area contributed by atoms with E-state index in [1.54, 1.807) is 23.4 Å². The highest BCUT2D eigenvalue weighted by atomic mass is 32.2. The second-order valence-electron chi connectivity index (χ2n) is 9.48. The fourth-order valence-corrected chi connectivity index (χ4v) is 5.46. The highest BCUT2D eigenvalue weighted by Crippen LogP contribution is 2.29. The molecule has 36 heavy (non-hydrogen) atoms. The van der Waals surface area contributed by atoms with Crippen LogP contribution in [0.15, 0.2) is 47.8 Å². The van der Waals surface area contributed by atoms with Gasteiger partial charge in [-0.1, -0.05) is 6.92 Å². The lowest BCUT2D eigenvalue weighted by atomic mass is 9.92. The predicted octanol–water partition coefficient (Wildman–Crippen LogP) is 2.18. The zero-order chi connectivity index (χ0) is 25.9. The van der Waals surface area contributed by atoms with Crippen molar-refractivity contribution in [2.45, 2.75) is 24.3 Å². The lowest BCUT2D eigenvalue weighted by Gasteiger charge is -2.42. The maximum Gasteiger partial charge on any atom is 0.321 e. The van der Waals surface area contributed by atoms with Crippen LogP contribution in [0.1, 0.15) is 13.3 Å². The summed E-state index contributed by atoms with van der Waals surface area (Å²) < 4.78 is 27.5. The number of urea groups is 1. The monoisotopic (exact) mass is 514 g/mol. The fraction of sp³-hybridized carbons (Fsp3) is 0.458. The van der Waals surface area contributed by atoms with Crippen molar-refractivity contribution >= 4 is 38.6 Å². The molecule has 1 aliphatic heterocycles. The first kappa shape index (κ1) is 25.9. The van der Waals surface area contributed by atoms with E-state index < -0.39 is 10.0 Å². The first-order valence-corrected chi connectivity index (χ1v) is 13.5. The summed E-state index contributed by atoms with van der Waals surface area (Å²) in [4.78, 5) is 30.9. The number of amides is 2. The molecule has 0 radical (unpaired) electrons. The lowest BCUT2D eigenvalue weighted by Crippen LogP contribution is -2.53. The van der Waals surface area contributed by atoms with Gasteiger partial charge in [-0.15, -0.1) is 0 Å². The van der Waals surface area contributed by atoms with Crippen LogP contribution in [0.2, 0.25) is 0 Å². The average molecular weight is 515 g/mol. The van der Waals surface area contributed by atoms with Crippen molar-refractivity contribution < 1.29 is 13.2 Å². The molecule has 3 heterocycles. The molecule has 0 bridgehead atoms. The summed E-state index contributed by atoms with van der Waals surface area (Å²) in [5.74, 6) is 1.20. The number of nitrogens with zero attached hydrogens (tertiary/aromatic N) is 5. The van der Waals surface area contributed by atoms with Crippen molar-refractivity contribution in [3.63, 3.8) is 0 Å². The Labute approximate surface area is 211 Å². The van der Waals surface area contributed by atoms with Crippen molar-refractivity contribution in [3.05, 3.63) is 42.9 Å². The molecule has 3 N–H and O–H groups in total. The molecule has 0 saturated carbocycles. The van der Waals surface area contributed by atoms with Gasteiger partial charge in [0.2, 0.25) is 10.0 Å². The van der Waals surface area contributed by atoms with E-state index in [2.05, 4.69) is 36.8 Å². The number of hydrogen-bond acceptors (Lipinski definition) is 7. The van der Waals surface area contributed by atoms with Crippen molar-refractivity contribution in [2.75, 3.05) is 57.5 Å². The van der Waals surface area contributed by atoms with Gasteiger partial charge in [-0.3, -0.25) is 0 Å². The summed E-state index contributed by atoms with van der Waals surface area (Å²) in [6.07, 6.45) is 4.25. The summed E-state index contributed by atoms with van der Waals surface area (Å²) in [5, 5.41) is 3.85. The van der Waals surface area contributed by atoms with Gasteiger partial charge in [-0.2, -0.15) is 0 Å². The Kier molecular flexibility index (Phi) is 7.76. The second kappa shape index (κ2) is 10.8. The minimum Gasteiger partial charge on any atom is -0.354 e. The molecule has 1 fully saturated rings. The van der Waals surface area contributed by atoms with Gasteiger partial charge in [0, 0.05) is 45.1 Å². The summed E-state index contributed by atoms with van der Waals surface area (Å²) >= 11 is 0. The first-order chi connectivity index (χ1) is 17.2. The van der Waals surface area contributed by atoms with E-state index in [1.165, 1.54) is 12.1 Å². The van der Waals surface area contributed by atoms with Crippen LogP contribution in [-0.2, 0) is 10.0 Å². The van der Waals surface area contributed by atoms with Gasteiger partial charge in [0.15, 0.2) is 0 Å². The molecule has 2 atom stereocenters. The minimum absolute atomic E-state index is 0.0817. The predicted molar refractivity (Wildman–Crippen MR) is 141 cm³/mol. The van der Waals surface area contributed by atoms with E-state index in [-0.39, 0.29) is 17.0 Å². The molecule has 1 saturated heterocycles. The standard InChI is InChI=1S/C24H34N8O3S/c1-17-10-13-32(15-21(17)31(4)23-20-9-11-25-22(20)26-16-27-23)24(33)29-18-5-7-19(8-6-18)36(34,35)28-12-14-30(2)3/h5-9,11,16-17,21,28H,10,12-15H2,1-4H3,(H,29,33)(H,25,26,27). The van der Waals surface area contributed by atoms with Gasteiger partial charge in [0.25, 0.3) is 0 Å². The third-order valence-electron chi connectivity index (χ3n) is 6.64. The van der Waals surface area contributed by atoms with E-state index in [4.69, 9.17) is 0 Å². The summed E-state index contributed by atoms with van der Waals surface area (Å²) in [6.45, 7) is 4.30. The number of carbonyl (C=O) groups excluding carboxylic acids is 1. The lowest BCUT2D eigenvalue weighted by molar-refractivity contribution is 0.172. The van der Waals surface area contributed by atoms with Gasteiger partial charge in [0.05, 0.1) is 16.3 Å². The highest BCUT2D eigenvalue weighted by molar-refractivity contribution is 7.89. The molecular formula is C24H34N8O3S. The third-order valence-corrected chi connectivity index (χ3v) is 8.11. The quantitative estimate of drug-likeness (QED) is 0.421. The molecule has 1 aromatic carbocycles. The van der Waals surface area contributed by atoms with Crippen LogP contribution in [0.5, 0.6) is 0 Å². The van der Waals surface area contributed by atoms with Crippen LogP contribution in [0, 0.1) is 5.92 Å². The second-order valence-corrected chi connectivity index (χ2v) is 11.2. The van der Waals surface area contributed by atoms with Gasteiger partial charge in [-0.05, 0) is 56.8 Å². The van der Waals surface area contributed by atoms with E-state index in [0.29, 0.717) is 37.8 Å². The molecule has 2 amide bonds. The number of anilines is 2. The van der Waals surface area contributed by atoms with Gasteiger partial charge in [0.1, 0.15) is 17.8 Å². The number of likely N-dealkylation sites (N-methyl/N-ethyl adjacent to an activating group) is 2. The Morgan fingerprint density at radius 3 is 2.64 bits per heavy atom. The van der Waals surface area contributed by atoms with Crippen LogP contribution >= 0.6 is 0 Å². The molecule has 2 unspecified atom stereocenters. The van der Waals surface area contributed by atoms with Crippen LogP contribution < -0.4 is 14.9 Å².